The van der Waals surface area contributed by atoms with Crippen LogP contribution in [-0.4, -0.2) is 60.3 Å². The van der Waals surface area contributed by atoms with E-state index < -0.39 is 5.60 Å². The van der Waals surface area contributed by atoms with Crippen molar-refractivity contribution < 1.29 is 9.53 Å². The summed E-state index contributed by atoms with van der Waals surface area (Å²) < 4.78 is 5.54. The van der Waals surface area contributed by atoms with Crippen molar-refractivity contribution >= 4 is 6.09 Å². The highest BCUT2D eigenvalue weighted by molar-refractivity contribution is 5.68. The van der Waals surface area contributed by atoms with Crippen molar-refractivity contribution in [1.82, 2.24) is 9.80 Å². The van der Waals surface area contributed by atoms with Crippen molar-refractivity contribution in [3.8, 4) is 0 Å². The van der Waals surface area contributed by atoms with Crippen LogP contribution in [0.4, 0.5) is 4.79 Å². The molecule has 3 atom stereocenters. The third-order valence-electron chi connectivity index (χ3n) is 4.03. The van der Waals surface area contributed by atoms with Gasteiger partial charge < -0.3 is 20.3 Å². The smallest absolute Gasteiger partial charge is 0.410 e. The van der Waals surface area contributed by atoms with Gasteiger partial charge in [-0.1, -0.05) is 0 Å². The predicted molar refractivity (Wildman–Crippen MR) is 74.9 cm³/mol. The fourth-order valence-electron chi connectivity index (χ4n) is 3.19. The highest BCUT2D eigenvalue weighted by Gasteiger charge is 2.43. The normalized spacial score (nSPS) is 32.9. The topological polar surface area (TPSA) is 58.8 Å². The molecule has 0 spiro atoms. The van der Waals surface area contributed by atoms with E-state index in [1.54, 1.807) is 0 Å². The van der Waals surface area contributed by atoms with E-state index in [1.807, 2.05) is 25.7 Å². The molecule has 0 bridgehead atoms. The van der Waals surface area contributed by atoms with E-state index in [2.05, 4.69) is 11.9 Å². The van der Waals surface area contributed by atoms with E-state index in [0.29, 0.717) is 5.92 Å². The average Bonchev–Trinajstić information content (AvgIpc) is 2.56. The molecule has 0 aromatic rings. The van der Waals surface area contributed by atoms with Crippen LogP contribution in [0.1, 0.15) is 33.6 Å². The van der Waals surface area contributed by atoms with E-state index >= 15 is 0 Å². The molecule has 3 unspecified atom stereocenters. The molecule has 2 aliphatic heterocycles. The van der Waals surface area contributed by atoms with Gasteiger partial charge in [0.15, 0.2) is 0 Å². The molecule has 19 heavy (non-hydrogen) atoms. The molecule has 110 valence electrons. The first-order valence-electron chi connectivity index (χ1n) is 7.21. The predicted octanol–water partition coefficient (Wildman–Crippen LogP) is 1.27. The molecule has 5 heteroatoms. The Balaban J connectivity index is 2.12. The maximum Gasteiger partial charge on any atom is 0.410 e. The number of likely N-dealkylation sites (N-methyl/N-ethyl adjacent to an activating group) is 1. The molecule has 1 amide bonds. The van der Waals surface area contributed by atoms with Crippen LogP contribution in [-0.2, 0) is 4.74 Å². The van der Waals surface area contributed by atoms with Crippen molar-refractivity contribution in [2.24, 2.45) is 11.7 Å². The van der Waals surface area contributed by atoms with Gasteiger partial charge in [0.1, 0.15) is 5.60 Å². The third kappa shape index (κ3) is 3.39. The Morgan fingerprint density at radius 3 is 2.63 bits per heavy atom. The Hall–Kier alpha value is -0.810. The van der Waals surface area contributed by atoms with Gasteiger partial charge in [0.05, 0.1) is 6.04 Å². The second-order valence-corrected chi connectivity index (χ2v) is 6.93. The van der Waals surface area contributed by atoms with E-state index in [1.165, 1.54) is 0 Å². The summed E-state index contributed by atoms with van der Waals surface area (Å²) in [4.78, 5) is 16.5. The fraction of sp³-hybridized carbons (Fsp3) is 0.929. The highest BCUT2D eigenvalue weighted by atomic mass is 16.6. The van der Waals surface area contributed by atoms with Gasteiger partial charge in [-0.3, -0.25) is 0 Å². The maximum absolute atomic E-state index is 12.4. The molecule has 5 nitrogen and oxygen atoms in total. The first-order chi connectivity index (χ1) is 8.78. The quantitative estimate of drug-likeness (QED) is 0.719. The van der Waals surface area contributed by atoms with Crippen molar-refractivity contribution in [3.63, 3.8) is 0 Å². The molecular formula is C14H27N3O2. The van der Waals surface area contributed by atoms with Gasteiger partial charge in [0.2, 0.25) is 0 Å². The number of hydrogen-bond donors (Lipinski definition) is 1. The molecule has 0 aromatic carbocycles. The number of likely N-dealkylation sites (tertiary alicyclic amines) is 2. The van der Waals surface area contributed by atoms with E-state index in [-0.39, 0.29) is 18.2 Å². The van der Waals surface area contributed by atoms with Crippen LogP contribution in [0, 0.1) is 5.92 Å². The molecule has 2 N–H and O–H groups in total. The van der Waals surface area contributed by atoms with E-state index in [9.17, 15) is 4.79 Å². The first kappa shape index (κ1) is 14.6. The Morgan fingerprint density at radius 2 is 2.00 bits per heavy atom. The number of fused-ring (bicyclic) bond motifs is 1. The van der Waals surface area contributed by atoms with E-state index in [4.69, 9.17) is 10.5 Å². The van der Waals surface area contributed by atoms with Crippen molar-refractivity contribution in [3.05, 3.63) is 0 Å². The van der Waals surface area contributed by atoms with Gasteiger partial charge in [0.25, 0.3) is 0 Å². The molecule has 0 radical (unpaired) electrons. The number of carbonyl (C=O) groups excluding carboxylic acids is 1. The lowest BCUT2D eigenvalue weighted by Crippen LogP contribution is -2.48. The largest absolute Gasteiger partial charge is 0.444 e. The Labute approximate surface area is 116 Å². The summed E-state index contributed by atoms with van der Waals surface area (Å²) in [5.41, 5.74) is 5.83. The average molecular weight is 269 g/mol. The standard InChI is InChI=1S/C14H27N3O2/c1-14(2,3)19-13(18)17-7-5-6-11(15)10-8-16(4)9-12(10)17/h10-12H,5-9,15H2,1-4H3. The number of amides is 1. The molecule has 0 saturated carbocycles. The number of nitrogens with zero attached hydrogens (tertiary/aromatic N) is 2. The Morgan fingerprint density at radius 1 is 1.32 bits per heavy atom. The molecular weight excluding hydrogens is 242 g/mol. The van der Waals surface area contributed by atoms with Gasteiger partial charge in [0, 0.05) is 31.6 Å². The molecule has 0 aromatic heterocycles. The van der Waals surface area contributed by atoms with Gasteiger partial charge >= 0.3 is 6.09 Å². The zero-order chi connectivity index (χ0) is 14.2. The lowest BCUT2D eigenvalue weighted by Gasteiger charge is -2.33. The number of carbonyl (C=O) groups is 1. The van der Waals surface area contributed by atoms with Gasteiger partial charge in [-0.2, -0.15) is 0 Å². The van der Waals surface area contributed by atoms with Crippen LogP contribution in [0.3, 0.4) is 0 Å². The summed E-state index contributed by atoms with van der Waals surface area (Å²) in [5.74, 6) is 0.375. The van der Waals surface area contributed by atoms with Crippen molar-refractivity contribution in [2.45, 2.75) is 51.3 Å². The summed E-state index contributed by atoms with van der Waals surface area (Å²) in [7, 11) is 2.09. The molecule has 2 heterocycles. The minimum atomic E-state index is -0.439. The Bertz CT molecular complexity index is 340. The third-order valence-corrected chi connectivity index (χ3v) is 4.03. The summed E-state index contributed by atoms with van der Waals surface area (Å²) in [6.07, 6.45) is 1.78. The lowest BCUT2D eigenvalue weighted by molar-refractivity contribution is 0.0148. The monoisotopic (exact) mass is 269 g/mol. The van der Waals surface area contributed by atoms with Crippen LogP contribution >= 0.6 is 0 Å². The second kappa shape index (κ2) is 5.29. The van der Waals surface area contributed by atoms with Gasteiger partial charge in [-0.25, -0.2) is 4.79 Å². The number of ether oxygens (including phenoxy) is 1. The molecule has 2 saturated heterocycles. The fourth-order valence-corrected chi connectivity index (χ4v) is 3.19. The van der Waals surface area contributed by atoms with Crippen LogP contribution in [0.5, 0.6) is 0 Å². The molecule has 2 aliphatic rings. The van der Waals surface area contributed by atoms with Gasteiger partial charge in [-0.05, 0) is 40.7 Å². The van der Waals surface area contributed by atoms with Gasteiger partial charge in [-0.15, -0.1) is 0 Å². The van der Waals surface area contributed by atoms with E-state index in [0.717, 1.165) is 32.5 Å². The molecule has 2 fully saturated rings. The highest BCUT2D eigenvalue weighted by Crippen LogP contribution is 2.29. The first-order valence-corrected chi connectivity index (χ1v) is 7.21. The minimum absolute atomic E-state index is 0.188. The summed E-state index contributed by atoms with van der Waals surface area (Å²) in [6, 6.07) is 0.403. The summed E-state index contributed by atoms with van der Waals surface area (Å²) >= 11 is 0. The number of nitrogens with two attached hydrogens (primary N) is 1. The summed E-state index contributed by atoms with van der Waals surface area (Å²) in [5, 5.41) is 0. The SMILES string of the molecule is CN1CC2C(N)CCCN(C(=O)OC(C)(C)C)C2C1. The summed E-state index contributed by atoms with van der Waals surface area (Å²) in [6.45, 7) is 8.37. The molecule has 2 rings (SSSR count). The van der Waals surface area contributed by atoms with Crippen molar-refractivity contribution in [2.75, 3.05) is 26.7 Å². The molecule has 0 aliphatic carbocycles. The van der Waals surface area contributed by atoms with Crippen molar-refractivity contribution in [1.29, 1.82) is 0 Å². The minimum Gasteiger partial charge on any atom is -0.444 e. The number of hydrogen-bond acceptors (Lipinski definition) is 4. The van der Waals surface area contributed by atoms with Crippen LogP contribution in [0.25, 0.3) is 0 Å². The lowest BCUT2D eigenvalue weighted by atomic mass is 9.93. The van der Waals surface area contributed by atoms with Crippen LogP contribution < -0.4 is 5.73 Å². The van der Waals surface area contributed by atoms with Crippen LogP contribution in [0.2, 0.25) is 0 Å². The second-order valence-electron chi connectivity index (χ2n) is 6.93. The zero-order valence-corrected chi connectivity index (χ0v) is 12.6. The Kier molecular flexibility index (Phi) is 4.06. The van der Waals surface area contributed by atoms with Crippen LogP contribution in [0.15, 0.2) is 0 Å². The maximum atomic E-state index is 12.4. The number of rotatable bonds is 0. The zero-order valence-electron chi connectivity index (χ0n) is 12.6.